The average molecular weight is 172 g/mol. The predicted octanol–water partition coefficient (Wildman–Crippen LogP) is 1.26. The van der Waals surface area contributed by atoms with Crippen LogP contribution in [0.25, 0.3) is 0 Å². The molecule has 11 heavy (non-hydrogen) atoms. The second kappa shape index (κ2) is 3.68. The minimum absolute atomic E-state index is 0.392. The number of ether oxygens (including phenoxy) is 1. The first-order valence-electron chi connectivity index (χ1n) is 3.28. The molecule has 0 bridgehead atoms. The molecule has 0 N–H and O–H groups in total. The molecule has 0 spiro atoms. The normalized spacial score (nSPS) is 13.4. The Morgan fingerprint density at radius 3 is 2.45 bits per heavy atom. The van der Waals surface area contributed by atoms with Gasteiger partial charge in [0.15, 0.2) is 5.60 Å². The molecule has 0 saturated carbocycles. The minimum atomic E-state index is -0.825. The van der Waals surface area contributed by atoms with Crippen LogP contribution in [0, 0.1) is 12.3 Å². The van der Waals surface area contributed by atoms with Gasteiger partial charge in [-0.05, 0) is 20.8 Å². The van der Waals surface area contributed by atoms with E-state index in [0.717, 1.165) is 0 Å². The number of hydrogen-bond acceptors (Lipinski definition) is 3. The number of rotatable bonds is 2. The summed E-state index contributed by atoms with van der Waals surface area (Å²) in [5.74, 6) is 1.96. The Kier molecular flexibility index (Phi) is 3.47. The maximum atomic E-state index is 10.9. The molecule has 0 saturated heterocycles. The Balaban J connectivity index is 4.08. The van der Waals surface area contributed by atoms with Gasteiger partial charge in [-0.3, -0.25) is 4.79 Å². The molecule has 3 heteroatoms. The van der Waals surface area contributed by atoms with Gasteiger partial charge in [0.2, 0.25) is 0 Å². The fourth-order valence-electron chi connectivity index (χ4n) is 0.366. The van der Waals surface area contributed by atoms with E-state index in [1.54, 1.807) is 20.8 Å². The molecule has 0 aromatic heterocycles. The van der Waals surface area contributed by atoms with Crippen molar-refractivity contribution >= 4 is 18.6 Å². The standard InChI is InChI=1S/C8H12O2S/c1-5-8(3,4)10-7(9)6(2)11/h1,6,11H,2-4H3. The quantitative estimate of drug-likeness (QED) is 0.385. The molecule has 0 aliphatic rings. The van der Waals surface area contributed by atoms with Crippen LogP contribution in [0.2, 0.25) is 0 Å². The van der Waals surface area contributed by atoms with Crippen molar-refractivity contribution in [2.24, 2.45) is 0 Å². The number of carbonyl (C=O) groups is 1. The second-order valence-electron chi connectivity index (χ2n) is 2.75. The Labute approximate surface area is 72.7 Å². The number of terminal acetylenes is 1. The molecule has 0 aliphatic heterocycles. The van der Waals surface area contributed by atoms with Crippen molar-refractivity contribution in [3.05, 3.63) is 0 Å². The SMILES string of the molecule is C#CC(C)(C)OC(=O)C(C)S. The van der Waals surface area contributed by atoms with Gasteiger partial charge in [-0.1, -0.05) is 5.92 Å². The number of hydrogen-bond donors (Lipinski definition) is 1. The molecule has 2 nitrogen and oxygen atoms in total. The third-order valence-corrected chi connectivity index (χ3v) is 1.26. The molecule has 1 atom stereocenters. The third-order valence-electron chi connectivity index (χ3n) is 1.04. The van der Waals surface area contributed by atoms with Crippen LogP contribution < -0.4 is 0 Å². The zero-order valence-electron chi connectivity index (χ0n) is 6.92. The summed E-state index contributed by atoms with van der Waals surface area (Å²) in [6, 6.07) is 0. The molecular weight excluding hydrogens is 160 g/mol. The van der Waals surface area contributed by atoms with E-state index in [4.69, 9.17) is 11.2 Å². The lowest BCUT2D eigenvalue weighted by Crippen LogP contribution is -2.29. The van der Waals surface area contributed by atoms with Crippen LogP contribution in [0.3, 0.4) is 0 Å². The predicted molar refractivity (Wildman–Crippen MR) is 47.5 cm³/mol. The van der Waals surface area contributed by atoms with Crippen molar-refractivity contribution < 1.29 is 9.53 Å². The lowest BCUT2D eigenvalue weighted by Gasteiger charge is -2.19. The molecule has 0 fully saturated rings. The highest BCUT2D eigenvalue weighted by atomic mass is 32.1. The lowest BCUT2D eigenvalue weighted by atomic mass is 10.1. The van der Waals surface area contributed by atoms with E-state index in [1.165, 1.54) is 0 Å². The second-order valence-corrected chi connectivity index (χ2v) is 3.53. The summed E-state index contributed by atoms with van der Waals surface area (Å²) in [6.45, 7) is 4.94. The van der Waals surface area contributed by atoms with Crippen molar-refractivity contribution in [2.75, 3.05) is 0 Å². The van der Waals surface area contributed by atoms with Gasteiger partial charge in [-0.2, -0.15) is 12.6 Å². The van der Waals surface area contributed by atoms with Gasteiger partial charge in [-0.25, -0.2) is 0 Å². The summed E-state index contributed by atoms with van der Waals surface area (Å²) in [5.41, 5.74) is -0.825. The number of thiol groups is 1. The van der Waals surface area contributed by atoms with Crippen molar-refractivity contribution in [3.63, 3.8) is 0 Å². The van der Waals surface area contributed by atoms with E-state index in [9.17, 15) is 4.79 Å². The van der Waals surface area contributed by atoms with Crippen LogP contribution in [0.5, 0.6) is 0 Å². The van der Waals surface area contributed by atoms with Crippen LogP contribution in [-0.4, -0.2) is 16.8 Å². The highest BCUT2D eigenvalue weighted by Crippen LogP contribution is 2.09. The van der Waals surface area contributed by atoms with Gasteiger partial charge >= 0.3 is 5.97 Å². The summed E-state index contributed by atoms with van der Waals surface area (Å²) in [6.07, 6.45) is 5.10. The minimum Gasteiger partial charge on any atom is -0.446 e. The Bertz CT molecular complexity index is 189. The van der Waals surface area contributed by atoms with Crippen LogP contribution in [0.1, 0.15) is 20.8 Å². The maximum Gasteiger partial charge on any atom is 0.320 e. The van der Waals surface area contributed by atoms with E-state index < -0.39 is 16.8 Å². The molecule has 0 aromatic rings. The largest absolute Gasteiger partial charge is 0.446 e. The topological polar surface area (TPSA) is 26.3 Å². The van der Waals surface area contributed by atoms with Crippen LogP contribution in [0.4, 0.5) is 0 Å². The molecular formula is C8H12O2S. The molecule has 0 aliphatic carbocycles. The third kappa shape index (κ3) is 3.94. The Hall–Kier alpha value is -0.620. The molecule has 0 heterocycles. The first-order valence-corrected chi connectivity index (χ1v) is 3.79. The zero-order valence-corrected chi connectivity index (χ0v) is 7.81. The van der Waals surface area contributed by atoms with Crippen molar-refractivity contribution in [1.82, 2.24) is 0 Å². The van der Waals surface area contributed by atoms with Crippen molar-refractivity contribution in [2.45, 2.75) is 31.6 Å². The van der Waals surface area contributed by atoms with Crippen molar-refractivity contribution in [1.29, 1.82) is 0 Å². The molecule has 0 rings (SSSR count). The van der Waals surface area contributed by atoms with E-state index in [0.29, 0.717) is 0 Å². The van der Waals surface area contributed by atoms with Crippen LogP contribution in [-0.2, 0) is 9.53 Å². The summed E-state index contributed by atoms with van der Waals surface area (Å²) < 4.78 is 4.90. The first-order chi connectivity index (χ1) is 4.89. The summed E-state index contributed by atoms with van der Waals surface area (Å²) >= 11 is 3.90. The van der Waals surface area contributed by atoms with E-state index in [-0.39, 0.29) is 0 Å². The molecule has 0 radical (unpaired) electrons. The van der Waals surface area contributed by atoms with Gasteiger partial charge in [0.25, 0.3) is 0 Å². The molecule has 1 unspecified atom stereocenters. The molecule has 0 aromatic carbocycles. The lowest BCUT2D eigenvalue weighted by molar-refractivity contribution is -0.150. The summed E-state index contributed by atoms with van der Waals surface area (Å²) in [7, 11) is 0. The van der Waals surface area contributed by atoms with E-state index in [2.05, 4.69) is 18.5 Å². The van der Waals surface area contributed by atoms with E-state index >= 15 is 0 Å². The van der Waals surface area contributed by atoms with Crippen molar-refractivity contribution in [3.8, 4) is 12.3 Å². The monoisotopic (exact) mass is 172 g/mol. The van der Waals surface area contributed by atoms with E-state index in [1.807, 2.05) is 0 Å². The van der Waals surface area contributed by atoms with Gasteiger partial charge in [0.05, 0.1) is 5.25 Å². The molecule has 0 amide bonds. The Morgan fingerprint density at radius 2 is 2.18 bits per heavy atom. The average Bonchev–Trinajstić information content (AvgIpc) is 1.87. The van der Waals surface area contributed by atoms with Gasteiger partial charge < -0.3 is 4.74 Å². The number of carbonyl (C=O) groups excluding carboxylic acids is 1. The fraction of sp³-hybridized carbons (Fsp3) is 0.625. The summed E-state index contributed by atoms with van der Waals surface area (Å²) in [4.78, 5) is 10.9. The smallest absolute Gasteiger partial charge is 0.320 e. The Morgan fingerprint density at radius 1 is 1.73 bits per heavy atom. The highest BCUT2D eigenvalue weighted by Gasteiger charge is 2.21. The number of esters is 1. The van der Waals surface area contributed by atoms with Crippen LogP contribution >= 0.6 is 12.6 Å². The van der Waals surface area contributed by atoms with Gasteiger partial charge in [-0.15, -0.1) is 6.42 Å². The maximum absolute atomic E-state index is 10.9. The highest BCUT2D eigenvalue weighted by molar-refractivity contribution is 7.81. The van der Waals surface area contributed by atoms with Gasteiger partial charge in [0.1, 0.15) is 0 Å². The van der Waals surface area contributed by atoms with Gasteiger partial charge in [0, 0.05) is 0 Å². The van der Waals surface area contributed by atoms with Crippen LogP contribution in [0.15, 0.2) is 0 Å². The fourth-order valence-corrected chi connectivity index (χ4v) is 0.419. The first kappa shape index (κ1) is 10.4. The molecule has 62 valence electrons. The summed E-state index contributed by atoms with van der Waals surface area (Å²) in [5, 5.41) is -0.428. The zero-order chi connectivity index (χ0) is 9.07.